The molecule has 1 heterocycles. The summed E-state index contributed by atoms with van der Waals surface area (Å²) in [4.78, 5) is 23.0. The number of carbonyl (C=O) groups is 1. The van der Waals surface area contributed by atoms with Gasteiger partial charge < -0.3 is 4.74 Å². The number of carbonyl (C=O) groups excluding carboxylic acids is 1. The molecule has 0 aliphatic heterocycles. The molecule has 0 saturated heterocycles. The quantitative estimate of drug-likeness (QED) is 0.877. The Morgan fingerprint density at radius 3 is 2.57 bits per heavy atom. The van der Waals surface area contributed by atoms with Crippen molar-refractivity contribution in [1.82, 2.24) is 10.2 Å². The number of nitrogens with zero attached hydrogens (tertiary/aromatic N) is 1. The number of hydrogen-bond acceptors (Lipinski definition) is 4. The summed E-state index contributed by atoms with van der Waals surface area (Å²) in [6.45, 7) is -1.59. The topological polar surface area (TPSA) is 72.0 Å². The van der Waals surface area contributed by atoms with Gasteiger partial charge in [0.15, 0.2) is 0 Å². The molecule has 0 unspecified atom stereocenters. The van der Waals surface area contributed by atoms with Crippen LogP contribution in [0.15, 0.2) is 29.1 Å². The van der Waals surface area contributed by atoms with E-state index < -0.39 is 24.9 Å². The summed E-state index contributed by atoms with van der Waals surface area (Å²) in [5.74, 6) is -0.800. The van der Waals surface area contributed by atoms with Gasteiger partial charge in [0, 0.05) is 5.56 Å². The molecule has 0 amide bonds. The average molecular weight is 294 g/mol. The van der Waals surface area contributed by atoms with Crippen LogP contribution in [-0.4, -0.2) is 23.3 Å². The van der Waals surface area contributed by atoms with Crippen LogP contribution in [0.5, 0.6) is 0 Å². The lowest BCUT2D eigenvalue weighted by molar-refractivity contribution is 0.0598. The first-order chi connectivity index (χ1) is 10.1. The summed E-state index contributed by atoms with van der Waals surface area (Å²) in [5, 5.41) is 5.97. The summed E-state index contributed by atoms with van der Waals surface area (Å²) in [6, 6.07) is 5.65. The van der Waals surface area contributed by atoms with Gasteiger partial charge in [0.1, 0.15) is 18.9 Å². The summed E-state index contributed by atoms with van der Waals surface area (Å²) < 4.78 is 30.1. The van der Waals surface area contributed by atoms with Crippen LogP contribution in [-0.2, 0) is 18.1 Å². The van der Waals surface area contributed by atoms with Gasteiger partial charge in [0.2, 0.25) is 0 Å². The van der Waals surface area contributed by atoms with Gasteiger partial charge in [0.05, 0.1) is 12.8 Å². The Morgan fingerprint density at radius 1 is 1.24 bits per heavy atom. The number of aromatic nitrogens is 2. The molecular weight excluding hydrogens is 282 g/mol. The Hall–Kier alpha value is -2.57. The van der Waals surface area contributed by atoms with Gasteiger partial charge in [-0.05, 0) is 23.3 Å². The van der Waals surface area contributed by atoms with Gasteiger partial charge in [-0.25, -0.2) is 18.7 Å². The predicted octanol–water partition coefficient (Wildman–Crippen LogP) is 2.16. The number of aromatic amines is 1. The summed E-state index contributed by atoms with van der Waals surface area (Å²) >= 11 is 0. The third kappa shape index (κ3) is 2.96. The van der Waals surface area contributed by atoms with Crippen LogP contribution in [0.3, 0.4) is 0 Å². The van der Waals surface area contributed by atoms with Crippen LogP contribution in [0.1, 0.15) is 21.5 Å². The molecule has 0 radical (unpaired) electrons. The maximum atomic E-state index is 12.9. The number of rotatable bonds is 4. The first-order valence-electron chi connectivity index (χ1n) is 6.02. The number of ether oxygens (including phenoxy) is 1. The van der Waals surface area contributed by atoms with Gasteiger partial charge in [-0.2, -0.15) is 5.10 Å². The molecular formula is C14H12F2N2O3. The number of hydrogen-bond donors (Lipinski definition) is 1. The molecule has 0 atom stereocenters. The molecule has 0 fully saturated rings. The van der Waals surface area contributed by atoms with Crippen molar-refractivity contribution in [3.05, 3.63) is 51.3 Å². The Bertz CT molecular complexity index is 728. The maximum Gasteiger partial charge on any atom is 0.343 e. The molecule has 0 bridgehead atoms. The van der Waals surface area contributed by atoms with Crippen LogP contribution in [0, 0.1) is 0 Å². The number of H-pyrrole nitrogens is 1. The molecule has 0 saturated carbocycles. The van der Waals surface area contributed by atoms with E-state index in [0.717, 1.165) is 7.11 Å². The molecule has 2 aromatic rings. The van der Waals surface area contributed by atoms with Crippen LogP contribution in [0.2, 0.25) is 0 Å². The third-order valence-electron chi connectivity index (χ3n) is 3.00. The summed E-state index contributed by atoms with van der Waals surface area (Å²) in [5.41, 5.74) is 0.272. The van der Waals surface area contributed by atoms with E-state index in [1.165, 1.54) is 24.3 Å². The molecule has 1 N–H and O–H groups in total. The van der Waals surface area contributed by atoms with Gasteiger partial charge in [-0.15, -0.1) is 0 Å². The molecule has 0 aliphatic rings. The molecule has 1 aromatic carbocycles. The fourth-order valence-electron chi connectivity index (χ4n) is 1.86. The van der Waals surface area contributed by atoms with Crippen LogP contribution in [0.25, 0.3) is 11.3 Å². The first-order valence-corrected chi connectivity index (χ1v) is 6.02. The van der Waals surface area contributed by atoms with Crippen molar-refractivity contribution in [2.75, 3.05) is 7.11 Å². The van der Waals surface area contributed by atoms with Crippen molar-refractivity contribution in [2.24, 2.45) is 0 Å². The van der Waals surface area contributed by atoms with E-state index in [4.69, 9.17) is 0 Å². The van der Waals surface area contributed by atoms with E-state index in [0.29, 0.717) is 5.56 Å². The van der Waals surface area contributed by atoms with Gasteiger partial charge in [0.25, 0.3) is 5.56 Å². The van der Waals surface area contributed by atoms with Gasteiger partial charge in [-0.3, -0.25) is 4.79 Å². The largest absolute Gasteiger partial charge is 0.465 e. The van der Waals surface area contributed by atoms with Gasteiger partial charge in [-0.1, -0.05) is 12.1 Å². The first kappa shape index (κ1) is 14.8. The van der Waals surface area contributed by atoms with Crippen LogP contribution < -0.4 is 5.56 Å². The van der Waals surface area contributed by atoms with E-state index in [-0.39, 0.29) is 22.4 Å². The van der Waals surface area contributed by atoms with Gasteiger partial charge >= 0.3 is 5.97 Å². The minimum atomic E-state index is -0.819. The minimum Gasteiger partial charge on any atom is -0.465 e. The molecule has 21 heavy (non-hydrogen) atoms. The number of nitrogens with one attached hydrogen (secondary N) is 1. The Morgan fingerprint density at radius 2 is 1.95 bits per heavy atom. The zero-order valence-corrected chi connectivity index (χ0v) is 11.2. The van der Waals surface area contributed by atoms with E-state index in [1.54, 1.807) is 0 Å². The lowest BCUT2D eigenvalue weighted by Gasteiger charge is -2.07. The van der Waals surface area contributed by atoms with Crippen molar-refractivity contribution in [3.63, 3.8) is 0 Å². The number of methoxy groups -OCH3 is 1. The second kappa shape index (κ2) is 6.25. The summed E-state index contributed by atoms with van der Waals surface area (Å²) in [7, 11) is 1.15. The summed E-state index contributed by atoms with van der Waals surface area (Å²) in [6.07, 6.45) is 0. The Balaban J connectivity index is 2.52. The van der Waals surface area contributed by atoms with Crippen LogP contribution in [0.4, 0.5) is 8.78 Å². The molecule has 1 aromatic heterocycles. The highest BCUT2D eigenvalue weighted by Gasteiger charge is 2.14. The van der Waals surface area contributed by atoms with Crippen LogP contribution >= 0.6 is 0 Å². The van der Waals surface area contributed by atoms with Crippen molar-refractivity contribution in [1.29, 1.82) is 0 Å². The maximum absolute atomic E-state index is 12.9. The fourth-order valence-corrected chi connectivity index (χ4v) is 1.86. The lowest BCUT2D eigenvalue weighted by atomic mass is 10.0. The second-order valence-electron chi connectivity index (χ2n) is 4.24. The van der Waals surface area contributed by atoms with E-state index >= 15 is 0 Å². The normalized spacial score (nSPS) is 10.4. The number of halogens is 2. The molecule has 0 aliphatic carbocycles. The zero-order valence-electron chi connectivity index (χ0n) is 11.2. The number of benzene rings is 1. The fraction of sp³-hybridized carbons (Fsp3) is 0.214. The molecule has 5 nitrogen and oxygen atoms in total. The highest BCUT2D eigenvalue weighted by atomic mass is 19.1. The second-order valence-corrected chi connectivity index (χ2v) is 4.24. The minimum absolute atomic E-state index is 0.197. The van der Waals surface area contributed by atoms with Crippen molar-refractivity contribution < 1.29 is 18.3 Å². The Labute approximate surface area is 118 Å². The lowest BCUT2D eigenvalue weighted by Crippen LogP contribution is -2.20. The van der Waals surface area contributed by atoms with E-state index in [1.807, 2.05) is 0 Å². The Kier molecular flexibility index (Phi) is 4.42. The molecule has 7 heteroatoms. The molecule has 0 spiro atoms. The monoisotopic (exact) mass is 294 g/mol. The van der Waals surface area contributed by atoms with E-state index in [2.05, 4.69) is 14.9 Å². The third-order valence-corrected chi connectivity index (χ3v) is 3.00. The zero-order chi connectivity index (χ0) is 15.4. The highest BCUT2D eigenvalue weighted by Crippen LogP contribution is 2.22. The number of alkyl halides is 2. The van der Waals surface area contributed by atoms with E-state index in [9.17, 15) is 18.4 Å². The smallest absolute Gasteiger partial charge is 0.343 e. The van der Waals surface area contributed by atoms with Crippen molar-refractivity contribution in [3.8, 4) is 11.3 Å². The molecule has 2 rings (SSSR count). The SMILES string of the molecule is COC(=O)c1cc(-c2ccc(CF)c(CF)c2)n[nH]c1=O. The standard InChI is InChI=1S/C14H12F2N2O3/c1-21-14(20)11-5-12(17-18-13(11)19)8-2-3-9(6-15)10(4-8)7-16/h2-5H,6-7H2,1H3,(H,18,19). The van der Waals surface area contributed by atoms with Crippen molar-refractivity contribution >= 4 is 5.97 Å². The number of esters is 1. The van der Waals surface area contributed by atoms with Crippen molar-refractivity contribution in [2.45, 2.75) is 13.3 Å². The predicted molar refractivity (Wildman–Crippen MR) is 71.3 cm³/mol. The molecule has 110 valence electrons. The average Bonchev–Trinajstić information content (AvgIpc) is 2.53. The highest BCUT2D eigenvalue weighted by molar-refractivity contribution is 5.89.